The smallest absolute Gasteiger partial charge is 0.308 e. The van der Waals surface area contributed by atoms with Crippen LogP contribution in [0, 0.1) is 0 Å². The number of ketones is 2. The number of nitrogens with zero attached hydrogens (tertiary/aromatic N) is 1. The second kappa shape index (κ2) is 9.30. The minimum Gasteiger partial charge on any atom is -0.426 e. The lowest BCUT2D eigenvalue weighted by atomic mass is 9.82. The fourth-order valence-corrected chi connectivity index (χ4v) is 5.59. The third kappa shape index (κ3) is 4.66. The van der Waals surface area contributed by atoms with Crippen LogP contribution >= 0.6 is 0 Å². The highest BCUT2D eigenvalue weighted by Gasteiger charge is 2.37. The van der Waals surface area contributed by atoms with Gasteiger partial charge in [0.2, 0.25) is 5.78 Å². The lowest BCUT2D eigenvalue weighted by Gasteiger charge is -2.31. The van der Waals surface area contributed by atoms with Crippen LogP contribution in [0.5, 0.6) is 11.5 Å². The number of esters is 2. The van der Waals surface area contributed by atoms with Gasteiger partial charge in [-0.05, 0) is 31.0 Å². The van der Waals surface area contributed by atoms with Crippen LogP contribution in [-0.2, 0) is 19.4 Å². The maximum absolute atomic E-state index is 13.5. The standard InChI is InChI=1S/C25H23NO9S/c1-13(27)34-19-6-4-5-17-21(19)24(30)22-18(23(17)29)11-15(12-20(22)35-14(2)28)25(31)26-9-7-16(8-10-26)36(3,32)33/h4-6,11-12,16H,7-10H2,1-3H3. The van der Waals surface area contributed by atoms with Crippen molar-refractivity contribution in [2.45, 2.75) is 31.9 Å². The van der Waals surface area contributed by atoms with Crippen molar-refractivity contribution < 1.29 is 41.9 Å². The average Bonchev–Trinajstić information content (AvgIpc) is 2.80. The van der Waals surface area contributed by atoms with Crippen LogP contribution in [0.1, 0.15) is 68.9 Å². The summed E-state index contributed by atoms with van der Waals surface area (Å²) in [5, 5.41) is -0.538. The fraction of sp³-hybridized carbons (Fsp3) is 0.320. The first-order chi connectivity index (χ1) is 16.9. The first kappa shape index (κ1) is 25.2. The predicted molar refractivity (Wildman–Crippen MR) is 126 cm³/mol. The Morgan fingerprint density at radius 1 is 0.861 bits per heavy atom. The summed E-state index contributed by atoms with van der Waals surface area (Å²) in [6, 6.07) is 6.73. The highest BCUT2D eigenvalue weighted by atomic mass is 32.2. The largest absolute Gasteiger partial charge is 0.426 e. The van der Waals surface area contributed by atoms with Crippen molar-refractivity contribution in [1.29, 1.82) is 0 Å². The van der Waals surface area contributed by atoms with Gasteiger partial charge in [-0.1, -0.05) is 12.1 Å². The lowest BCUT2D eigenvalue weighted by molar-refractivity contribution is -0.132. The molecular formula is C25H23NO9S. The van der Waals surface area contributed by atoms with Crippen LogP contribution in [0.3, 0.4) is 0 Å². The first-order valence-corrected chi connectivity index (χ1v) is 13.1. The van der Waals surface area contributed by atoms with E-state index in [1.165, 1.54) is 35.2 Å². The molecule has 0 N–H and O–H groups in total. The minimum atomic E-state index is -3.23. The van der Waals surface area contributed by atoms with Crippen LogP contribution in [0.4, 0.5) is 0 Å². The molecule has 0 radical (unpaired) electrons. The number of rotatable bonds is 4. The third-order valence-electron chi connectivity index (χ3n) is 6.16. The molecule has 1 saturated heterocycles. The number of likely N-dealkylation sites (tertiary alicyclic amines) is 1. The summed E-state index contributed by atoms with van der Waals surface area (Å²) in [4.78, 5) is 65.0. The van der Waals surface area contributed by atoms with Gasteiger partial charge in [0.25, 0.3) is 5.91 Å². The molecule has 0 bridgehead atoms. The van der Waals surface area contributed by atoms with Gasteiger partial charge in [-0.15, -0.1) is 0 Å². The number of hydrogen-bond acceptors (Lipinski definition) is 9. The van der Waals surface area contributed by atoms with E-state index in [1.54, 1.807) is 0 Å². The van der Waals surface area contributed by atoms with Crippen LogP contribution in [0.2, 0.25) is 0 Å². The quantitative estimate of drug-likeness (QED) is 0.378. The Balaban J connectivity index is 1.77. The Labute approximate surface area is 207 Å². The van der Waals surface area contributed by atoms with Gasteiger partial charge in [-0.3, -0.25) is 24.0 Å². The second-order valence-electron chi connectivity index (χ2n) is 8.74. The van der Waals surface area contributed by atoms with E-state index in [-0.39, 0.29) is 65.2 Å². The molecule has 1 heterocycles. The molecule has 1 aliphatic carbocycles. The molecular weight excluding hydrogens is 490 g/mol. The van der Waals surface area contributed by atoms with Gasteiger partial charge >= 0.3 is 11.9 Å². The Morgan fingerprint density at radius 2 is 1.44 bits per heavy atom. The van der Waals surface area contributed by atoms with Crippen molar-refractivity contribution in [3.05, 3.63) is 58.1 Å². The number of sulfone groups is 1. The van der Waals surface area contributed by atoms with Crippen LogP contribution in [0.15, 0.2) is 30.3 Å². The maximum Gasteiger partial charge on any atom is 0.308 e. The lowest BCUT2D eigenvalue weighted by Crippen LogP contribution is -2.42. The molecule has 10 nitrogen and oxygen atoms in total. The summed E-state index contributed by atoms with van der Waals surface area (Å²) in [7, 11) is -3.23. The van der Waals surface area contributed by atoms with Gasteiger partial charge in [0, 0.05) is 49.9 Å². The van der Waals surface area contributed by atoms with E-state index in [9.17, 15) is 32.4 Å². The molecule has 4 rings (SSSR count). The van der Waals surface area contributed by atoms with E-state index in [1.807, 2.05) is 0 Å². The van der Waals surface area contributed by atoms with Crippen molar-refractivity contribution in [2.75, 3.05) is 19.3 Å². The fourth-order valence-electron chi connectivity index (χ4n) is 4.52. The van der Waals surface area contributed by atoms with Gasteiger partial charge in [0.05, 0.1) is 16.4 Å². The van der Waals surface area contributed by atoms with Gasteiger partial charge in [-0.2, -0.15) is 0 Å². The summed E-state index contributed by atoms with van der Waals surface area (Å²) in [5.41, 5.74) is -0.474. The molecule has 11 heteroatoms. The molecule has 2 aromatic carbocycles. The summed E-state index contributed by atoms with van der Waals surface area (Å²) in [5.74, 6) is -3.61. The van der Waals surface area contributed by atoms with E-state index in [4.69, 9.17) is 9.47 Å². The normalized spacial score (nSPS) is 15.7. The molecule has 2 aromatic rings. The van der Waals surface area contributed by atoms with Gasteiger partial charge in [0.1, 0.15) is 21.3 Å². The molecule has 0 saturated carbocycles. The highest BCUT2D eigenvalue weighted by molar-refractivity contribution is 7.91. The van der Waals surface area contributed by atoms with Crippen molar-refractivity contribution in [2.24, 2.45) is 0 Å². The van der Waals surface area contributed by atoms with Crippen LogP contribution < -0.4 is 9.47 Å². The number of ether oxygens (including phenoxy) is 2. The van der Waals surface area contributed by atoms with Crippen LogP contribution in [-0.4, -0.2) is 67.3 Å². The van der Waals surface area contributed by atoms with Gasteiger partial charge in [0.15, 0.2) is 5.78 Å². The Bertz CT molecular complexity index is 1430. The number of piperidine rings is 1. The minimum absolute atomic E-state index is 0.0152. The molecule has 0 aromatic heterocycles. The van der Waals surface area contributed by atoms with Gasteiger partial charge in [-0.25, -0.2) is 8.42 Å². The molecule has 1 aliphatic heterocycles. The summed E-state index contributed by atoms with van der Waals surface area (Å²) in [6.45, 7) is 2.66. The zero-order valence-electron chi connectivity index (χ0n) is 19.8. The molecule has 0 spiro atoms. The number of amides is 1. The molecule has 36 heavy (non-hydrogen) atoms. The maximum atomic E-state index is 13.5. The first-order valence-electron chi connectivity index (χ1n) is 11.1. The molecule has 0 atom stereocenters. The molecule has 1 amide bonds. The molecule has 0 unspecified atom stereocenters. The summed E-state index contributed by atoms with van der Waals surface area (Å²) >= 11 is 0. The van der Waals surface area contributed by atoms with Crippen molar-refractivity contribution >= 4 is 39.2 Å². The number of carbonyl (C=O) groups excluding carboxylic acids is 5. The van der Waals surface area contributed by atoms with E-state index < -0.39 is 44.5 Å². The van der Waals surface area contributed by atoms with E-state index >= 15 is 0 Å². The van der Waals surface area contributed by atoms with Crippen molar-refractivity contribution in [3.8, 4) is 11.5 Å². The molecule has 188 valence electrons. The third-order valence-corrected chi connectivity index (χ3v) is 7.84. The Hall–Kier alpha value is -3.86. The van der Waals surface area contributed by atoms with E-state index in [0.717, 1.165) is 20.1 Å². The Morgan fingerprint density at radius 3 is 2.03 bits per heavy atom. The second-order valence-corrected chi connectivity index (χ2v) is 11.1. The highest BCUT2D eigenvalue weighted by Crippen LogP contribution is 2.38. The summed E-state index contributed by atoms with van der Waals surface area (Å²) < 4.78 is 34.0. The van der Waals surface area contributed by atoms with Gasteiger partial charge < -0.3 is 14.4 Å². The monoisotopic (exact) mass is 513 g/mol. The van der Waals surface area contributed by atoms with Crippen LogP contribution in [0.25, 0.3) is 0 Å². The van der Waals surface area contributed by atoms with Crippen molar-refractivity contribution in [3.63, 3.8) is 0 Å². The zero-order chi connectivity index (χ0) is 26.4. The van der Waals surface area contributed by atoms with E-state index in [2.05, 4.69) is 0 Å². The Kier molecular flexibility index (Phi) is 6.52. The number of carbonyl (C=O) groups is 5. The van der Waals surface area contributed by atoms with E-state index in [0.29, 0.717) is 0 Å². The number of benzene rings is 2. The molecule has 2 aliphatic rings. The van der Waals surface area contributed by atoms with Crippen molar-refractivity contribution in [1.82, 2.24) is 4.90 Å². The molecule has 1 fully saturated rings. The topological polar surface area (TPSA) is 141 Å². The number of fused-ring (bicyclic) bond motifs is 2. The zero-order valence-corrected chi connectivity index (χ0v) is 20.6. The predicted octanol–water partition coefficient (Wildman–Crippen LogP) is 1.96. The number of hydrogen-bond donors (Lipinski definition) is 0. The average molecular weight is 514 g/mol. The SMILES string of the molecule is CC(=O)Oc1cccc2c1C(=O)c1c(OC(C)=O)cc(C(=O)N3CCC(S(C)(=O)=O)CC3)cc1C2=O. The summed E-state index contributed by atoms with van der Waals surface area (Å²) in [6.07, 6.45) is 1.71.